The van der Waals surface area contributed by atoms with Crippen molar-refractivity contribution in [3.63, 3.8) is 0 Å². The molecule has 0 aliphatic heterocycles. The second-order valence-corrected chi connectivity index (χ2v) is 3.38. The molecule has 0 saturated carbocycles. The van der Waals surface area contributed by atoms with E-state index in [0.717, 1.165) is 6.42 Å². The van der Waals surface area contributed by atoms with Gasteiger partial charge in [-0.15, -0.1) is 0 Å². The maximum absolute atomic E-state index is 10.8. The summed E-state index contributed by atoms with van der Waals surface area (Å²) in [7, 11) is 0. The lowest BCUT2D eigenvalue weighted by atomic mass is 10.3. The van der Waals surface area contributed by atoms with Gasteiger partial charge < -0.3 is 10.1 Å². The maximum atomic E-state index is 10.8. The molecule has 0 atom stereocenters. The zero-order valence-electron chi connectivity index (χ0n) is 9.07. The van der Waals surface area contributed by atoms with Crippen molar-refractivity contribution in [3.8, 4) is 0 Å². The fourth-order valence-electron chi connectivity index (χ4n) is 1.14. The van der Waals surface area contributed by atoms with Gasteiger partial charge in [-0.2, -0.15) is 0 Å². The van der Waals surface area contributed by atoms with Gasteiger partial charge in [0, 0.05) is 19.8 Å². The van der Waals surface area contributed by atoms with Gasteiger partial charge in [-0.3, -0.25) is 4.79 Å². The number of aromatic nitrogens is 2. The zero-order chi connectivity index (χ0) is 11.8. The smallest absolute Gasteiger partial charge is 0.156 e. The standard InChI is InChI=1S/C10H14ClN3O2/c1-2-16-5-3-4-12-10-8(6-15)9(11)13-7-14-10/h6-7H,2-5H2,1H3,(H,12,13,14). The van der Waals surface area contributed by atoms with E-state index in [1.807, 2.05) is 6.92 Å². The van der Waals surface area contributed by atoms with Gasteiger partial charge in [0.2, 0.25) is 0 Å². The molecule has 0 unspecified atom stereocenters. The molecule has 16 heavy (non-hydrogen) atoms. The third-order valence-electron chi connectivity index (χ3n) is 1.92. The Hall–Kier alpha value is -1.20. The van der Waals surface area contributed by atoms with Crippen LogP contribution in [0.4, 0.5) is 5.82 Å². The molecular formula is C10H14ClN3O2. The molecule has 0 fully saturated rings. The van der Waals surface area contributed by atoms with Crippen molar-refractivity contribution in [2.45, 2.75) is 13.3 Å². The second kappa shape index (κ2) is 7.14. The lowest BCUT2D eigenvalue weighted by Gasteiger charge is -2.07. The van der Waals surface area contributed by atoms with Crippen LogP contribution in [-0.4, -0.2) is 36.0 Å². The van der Waals surface area contributed by atoms with Crippen LogP contribution in [0.2, 0.25) is 5.15 Å². The third kappa shape index (κ3) is 3.75. The number of hydrogen-bond donors (Lipinski definition) is 1. The number of halogens is 1. The maximum Gasteiger partial charge on any atom is 0.156 e. The predicted octanol–water partition coefficient (Wildman–Crippen LogP) is 1.78. The van der Waals surface area contributed by atoms with Gasteiger partial charge in [0.15, 0.2) is 6.29 Å². The first-order valence-electron chi connectivity index (χ1n) is 5.06. The van der Waals surface area contributed by atoms with Gasteiger partial charge in [-0.25, -0.2) is 9.97 Å². The van der Waals surface area contributed by atoms with Crippen LogP contribution in [0.15, 0.2) is 6.33 Å². The molecule has 0 aliphatic rings. The topological polar surface area (TPSA) is 64.1 Å². The highest BCUT2D eigenvalue weighted by molar-refractivity contribution is 6.32. The van der Waals surface area contributed by atoms with E-state index >= 15 is 0 Å². The number of carbonyl (C=O) groups excluding carboxylic acids is 1. The summed E-state index contributed by atoms with van der Waals surface area (Å²) in [5.41, 5.74) is 0.292. The molecule has 0 aromatic carbocycles. The first-order valence-corrected chi connectivity index (χ1v) is 5.44. The molecule has 88 valence electrons. The number of ether oxygens (including phenoxy) is 1. The van der Waals surface area contributed by atoms with Gasteiger partial charge in [0.05, 0.1) is 5.56 Å². The number of carbonyl (C=O) groups is 1. The molecule has 0 bridgehead atoms. The normalized spacial score (nSPS) is 10.1. The molecule has 1 aromatic heterocycles. The van der Waals surface area contributed by atoms with Crippen LogP contribution < -0.4 is 5.32 Å². The van der Waals surface area contributed by atoms with Crippen molar-refractivity contribution in [1.82, 2.24) is 9.97 Å². The van der Waals surface area contributed by atoms with Gasteiger partial charge >= 0.3 is 0 Å². The second-order valence-electron chi connectivity index (χ2n) is 3.02. The van der Waals surface area contributed by atoms with E-state index in [-0.39, 0.29) is 5.15 Å². The van der Waals surface area contributed by atoms with Crippen molar-refractivity contribution in [2.24, 2.45) is 0 Å². The summed E-state index contributed by atoms with van der Waals surface area (Å²) in [4.78, 5) is 18.4. The summed E-state index contributed by atoms with van der Waals surface area (Å²) in [6, 6.07) is 0. The highest BCUT2D eigenvalue weighted by Gasteiger charge is 2.07. The molecule has 0 spiro atoms. The van der Waals surface area contributed by atoms with Gasteiger partial charge in [-0.05, 0) is 13.3 Å². The van der Waals surface area contributed by atoms with Crippen molar-refractivity contribution in [3.05, 3.63) is 17.0 Å². The Labute approximate surface area is 99.2 Å². The number of aldehydes is 1. The lowest BCUT2D eigenvalue weighted by Crippen LogP contribution is -2.09. The quantitative estimate of drug-likeness (QED) is 0.449. The van der Waals surface area contributed by atoms with Crippen molar-refractivity contribution in [1.29, 1.82) is 0 Å². The van der Waals surface area contributed by atoms with Gasteiger partial charge in [0.25, 0.3) is 0 Å². The number of nitrogens with one attached hydrogen (secondary N) is 1. The summed E-state index contributed by atoms with van der Waals surface area (Å²) in [5, 5.41) is 3.18. The van der Waals surface area contributed by atoms with Crippen LogP contribution >= 0.6 is 11.6 Å². The molecule has 0 saturated heterocycles. The van der Waals surface area contributed by atoms with Crippen molar-refractivity contribution >= 4 is 23.7 Å². The summed E-state index contributed by atoms with van der Waals surface area (Å²) < 4.78 is 5.18. The molecule has 1 N–H and O–H groups in total. The van der Waals surface area contributed by atoms with Crippen LogP contribution in [-0.2, 0) is 4.74 Å². The Morgan fingerprint density at radius 3 is 3.06 bits per heavy atom. The molecule has 6 heteroatoms. The molecule has 0 radical (unpaired) electrons. The van der Waals surface area contributed by atoms with Crippen LogP contribution in [0.5, 0.6) is 0 Å². The average molecular weight is 244 g/mol. The summed E-state index contributed by atoms with van der Waals surface area (Å²) in [6.45, 7) is 4.01. The molecule has 1 rings (SSSR count). The first kappa shape index (κ1) is 12.9. The minimum atomic E-state index is 0.164. The van der Waals surface area contributed by atoms with E-state index in [2.05, 4.69) is 15.3 Å². The number of hydrogen-bond acceptors (Lipinski definition) is 5. The largest absolute Gasteiger partial charge is 0.382 e. The number of nitrogens with zero attached hydrogens (tertiary/aromatic N) is 2. The molecule has 0 aliphatic carbocycles. The Bertz CT molecular complexity index is 347. The number of rotatable bonds is 7. The van der Waals surface area contributed by atoms with Crippen LogP contribution in [0.1, 0.15) is 23.7 Å². The summed E-state index contributed by atoms with van der Waals surface area (Å²) >= 11 is 5.75. The SMILES string of the molecule is CCOCCCNc1ncnc(Cl)c1C=O. The minimum Gasteiger partial charge on any atom is -0.382 e. The lowest BCUT2D eigenvalue weighted by molar-refractivity contribution is 0.112. The van der Waals surface area contributed by atoms with Crippen LogP contribution in [0, 0.1) is 0 Å². The highest BCUT2D eigenvalue weighted by Crippen LogP contribution is 2.16. The Morgan fingerprint density at radius 2 is 2.38 bits per heavy atom. The first-order chi connectivity index (χ1) is 7.79. The van der Waals surface area contributed by atoms with Crippen LogP contribution in [0.3, 0.4) is 0 Å². The molecule has 5 nitrogen and oxygen atoms in total. The van der Waals surface area contributed by atoms with E-state index in [1.165, 1.54) is 6.33 Å². The van der Waals surface area contributed by atoms with E-state index in [4.69, 9.17) is 16.3 Å². The molecule has 1 heterocycles. The Morgan fingerprint density at radius 1 is 1.56 bits per heavy atom. The van der Waals surface area contributed by atoms with Crippen LogP contribution in [0.25, 0.3) is 0 Å². The molecule has 0 amide bonds. The monoisotopic (exact) mass is 243 g/mol. The summed E-state index contributed by atoms with van der Waals surface area (Å²) in [6.07, 6.45) is 2.81. The Balaban J connectivity index is 2.47. The van der Waals surface area contributed by atoms with E-state index in [9.17, 15) is 4.79 Å². The van der Waals surface area contributed by atoms with E-state index in [1.54, 1.807) is 0 Å². The van der Waals surface area contributed by atoms with E-state index < -0.39 is 0 Å². The predicted molar refractivity (Wildman–Crippen MR) is 62.0 cm³/mol. The van der Waals surface area contributed by atoms with Crippen molar-refractivity contribution in [2.75, 3.05) is 25.1 Å². The fourth-order valence-corrected chi connectivity index (χ4v) is 1.32. The average Bonchev–Trinajstić information content (AvgIpc) is 2.29. The minimum absolute atomic E-state index is 0.164. The van der Waals surface area contributed by atoms with Crippen molar-refractivity contribution < 1.29 is 9.53 Å². The number of anilines is 1. The fraction of sp³-hybridized carbons (Fsp3) is 0.500. The van der Waals surface area contributed by atoms with E-state index in [0.29, 0.717) is 37.4 Å². The van der Waals surface area contributed by atoms with Gasteiger partial charge in [-0.1, -0.05) is 11.6 Å². The zero-order valence-corrected chi connectivity index (χ0v) is 9.83. The van der Waals surface area contributed by atoms with Gasteiger partial charge in [0.1, 0.15) is 17.3 Å². The Kier molecular flexibility index (Phi) is 5.74. The summed E-state index contributed by atoms with van der Waals surface area (Å²) in [5.74, 6) is 0.464. The third-order valence-corrected chi connectivity index (χ3v) is 2.22. The highest BCUT2D eigenvalue weighted by atomic mass is 35.5. The molecule has 1 aromatic rings. The molecular weight excluding hydrogens is 230 g/mol.